The first kappa shape index (κ1) is 13.1. The Labute approximate surface area is 112 Å². The van der Waals surface area contributed by atoms with Gasteiger partial charge in [0.05, 0.1) is 20.5 Å². The molecule has 0 radical (unpaired) electrons. The first-order chi connectivity index (χ1) is 9.24. The zero-order valence-electron chi connectivity index (χ0n) is 10.9. The lowest BCUT2D eigenvalue weighted by Crippen LogP contribution is -1.88. The summed E-state index contributed by atoms with van der Waals surface area (Å²) in [7, 11) is 3.16. The fourth-order valence-electron chi connectivity index (χ4n) is 1.77. The maximum atomic E-state index is 13.8. The average molecular weight is 258 g/mol. The highest BCUT2D eigenvalue weighted by atomic mass is 19.1. The standard InChI is InChI=1S/C16H15FO2/c1-18-10-9-12-3-5-13(6-4-12)15-11-14(19-2)7-8-16(15)17/h3-11H,1-2H3/b10-9+. The Bertz CT molecular complexity index is 574. The first-order valence-corrected chi connectivity index (χ1v) is 5.88. The van der Waals surface area contributed by atoms with Gasteiger partial charge in [0.15, 0.2) is 0 Å². The lowest BCUT2D eigenvalue weighted by atomic mass is 10.0. The first-order valence-electron chi connectivity index (χ1n) is 5.88. The van der Waals surface area contributed by atoms with E-state index >= 15 is 0 Å². The summed E-state index contributed by atoms with van der Waals surface area (Å²) in [6.07, 6.45) is 3.44. The van der Waals surface area contributed by atoms with Crippen molar-refractivity contribution < 1.29 is 13.9 Å². The Kier molecular flexibility index (Phi) is 4.18. The number of halogens is 1. The molecule has 0 saturated carbocycles. The molecular weight excluding hydrogens is 243 g/mol. The van der Waals surface area contributed by atoms with Crippen LogP contribution < -0.4 is 4.74 Å². The van der Waals surface area contributed by atoms with Gasteiger partial charge in [0.1, 0.15) is 11.6 Å². The minimum Gasteiger partial charge on any atom is -0.504 e. The summed E-state index contributed by atoms with van der Waals surface area (Å²) >= 11 is 0. The Morgan fingerprint density at radius 3 is 2.37 bits per heavy atom. The van der Waals surface area contributed by atoms with E-state index in [9.17, 15) is 4.39 Å². The maximum absolute atomic E-state index is 13.8. The van der Waals surface area contributed by atoms with Crippen LogP contribution >= 0.6 is 0 Å². The van der Waals surface area contributed by atoms with Crippen LogP contribution in [-0.4, -0.2) is 14.2 Å². The molecule has 0 unspecified atom stereocenters. The van der Waals surface area contributed by atoms with Gasteiger partial charge < -0.3 is 9.47 Å². The highest BCUT2D eigenvalue weighted by Crippen LogP contribution is 2.27. The third kappa shape index (κ3) is 3.13. The molecule has 0 aromatic heterocycles. The van der Waals surface area contributed by atoms with Crippen molar-refractivity contribution >= 4 is 6.08 Å². The van der Waals surface area contributed by atoms with Crippen LogP contribution in [0.4, 0.5) is 4.39 Å². The van der Waals surface area contributed by atoms with E-state index in [-0.39, 0.29) is 5.82 Å². The zero-order chi connectivity index (χ0) is 13.7. The maximum Gasteiger partial charge on any atom is 0.131 e. The molecule has 0 spiro atoms. The summed E-state index contributed by atoms with van der Waals surface area (Å²) in [4.78, 5) is 0. The Morgan fingerprint density at radius 1 is 1.00 bits per heavy atom. The number of methoxy groups -OCH3 is 2. The largest absolute Gasteiger partial charge is 0.504 e. The molecule has 98 valence electrons. The monoisotopic (exact) mass is 258 g/mol. The molecule has 0 atom stereocenters. The fraction of sp³-hybridized carbons (Fsp3) is 0.125. The second-order valence-corrected chi connectivity index (χ2v) is 4.01. The molecule has 0 saturated heterocycles. The van der Waals surface area contributed by atoms with Gasteiger partial charge in [-0.1, -0.05) is 24.3 Å². The van der Waals surface area contributed by atoms with Crippen LogP contribution in [0.2, 0.25) is 0 Å². The smallest absolute Gasteiger partial charge is 0.131 e. The van der Waals surface area contributed by atoms with Crippen LogP contribution in [0, 0.1) is 5.82 Å². The van der Waals surface area contributed by atoms with E-state index in [2.05, 4.69) is 0 Å². The van der Waals surface area contributed by atoms with Crippen LogP contribution in [0.5, 0.6) is 5.75 Å². The molecule has 0 aliphatic heterocycles. The molecule has 0 N–H and O–H groups in total. The topological polar surface area (TPSA) is 18.5 Å². The Morgan fingerprint density at radius 2 is 1.74 bits per heavy atom. The number of rotatable bonds is 4. The van der Waals surface area contributed by atoms with E-state index in [1.165, 1.54) is 6.07 Å². The Balaban J connectivity index is 2.34. The third-order valence-electron chi connectivity index (χ3n) is 2.79. The van der Waals surface area contributed by atoms with Crippen molar-refractivity contribution in [1.82, 2.24) is 0 Å². The van der Waals surface area contributed by atoms with Gasteiger partial charge in [-0.15, -0.1) is 0 Å². The van der Waals surface area contributed by atoms with Crippen molar-refractivity contribution in [2.45, 2.75) is 0 Å². The molecule has 0 bridgehead atoms. The lowest BCUT2D eigenvalue weighted by molar-refractivity contribution is 0.341. The minimum absolute atomic E-state index is 0.263. The summed E-state index contributed by atoms with van der Waals surface area (Å²) in [5.41, 5.74) is 2.33. The summed E-state index contributed by atoms with van der Waals surface area (Å²) < 4.78 is 23.8. The number of hydrogen-bond acceptors (Lipinski definition) is 2. The van der Waals surface area contributed by atoms with Gasteiger partial charge in [-0.3, -0.25) is 0 Å². The second kappa shape index (κ2) is 6.05. The number of hydrogen-bond donors (Lipinski definition) is 0. The van der Waals surface area contributed by atoms with Crippen LogP contribution in [0.3, 0.4) is 0 Å². The SMILES string of the molecule is CO/C=C/c1ccc(-c2cc(OC)ccc2F)cc1. The van der Waals surface area contributed by atoms with Crippen molar-refractivity contribution in [1.29, 1.82) is 0 Å². The van der Waals surface area contributed by atoms with Crippen molar-refractivity contribution in [2.75, 3.05) is 14.2 Å². The zero-order valence-corrected chi connectivity index (χ0v) is 10.9. The van der Waals surface area contributed by atoms with E-state index in [1.54, 1.807) is 32.6 Å². The van der Waals surface area contributed by atoms with Crippen LogP contribution in [0.25, 0.3) is 17.2 Å². The van der Waals surface area contributed by atoms with E-state index in [0.29, 0.717) is 11.3 Å². The van der Waals surface area contributed by atoms with Gasteiger partial charge in [0.25, 0.3) is 0 Å². The minimum atomic E-state index is -0.263. The summed E-state index contributed by atoms with van der Waals surface area (Å²) in [5, 5.41) is 0. The molecule has 19 heavy (non-hydrogen) atoms. The lowest BCUT2D eigenvalue weighted by Gasteiger charge is -2.06. The molecule has 0 aliphatic rings. The fourth-order valence-corrected chi connectivity index (χ4v) is 1.77. The summed E-state index contributed by atoms with van der Waals surface area (Å²) in [5.74, 6) is 0.376. The van der Waals surface area contributed by atoms with Gasteiger partial charge in [0.2, 0.25) is 0 Å². The van der Waals surface area contributed by atoms with Gasteiger partial charge in [-0.2, -0.15) is 0 Å². The molecule has 2 rings (SSSR count). The summed E-state index contributed by atoms with van der Waals surface area (Å²) in [6.45, 7) is 0. The average Bonchev–Trinajstić information content (AvgIpc) is 2.46. The van der Waals surface area contributed by atoms with E-state index in [1.807, 2.05) is 30.3 Å². The number of ether oxygens (including phenoxy) is 2. The quantitative estimate of drug-likeness (QED) is 0.768. The van der Waals surface area contributed by atoms with Crippen LogP contribution in [-0.2, 0) is 4.74 Å². The van der Waals surface area contributed by atoms with Crippen molar-refractivity contribution in [3.05, 3.63) is 60.1 Å². The van der Waals surface area contributed by atoms with Crippen molar-refractivity contribution in [3.63, 3.8) is 0 Å². The normalized spacial score (nSPS) is 10.7. The Hall–Kier alpha value is -2.29. The van der Waals surface area contributed by atoms with Crippen LogP contribution in [0.1, 0.15) is 5.56 Å². The van der Waals surface area contributed by atoms with Crippen molar-refractivity contribution in [3.8, 4) is 16.9 Å². The number of benzene rings is 2. The molecule has 2 aromatic carbocycles. The third-order valence-corrected chi connectivity index (χ3v) is 2.79. The molecule has 2 aromatic rings. The van der Waals surface area contributed by atoms with E-state index in [4.69, 9.17) is 9.47 Å². The van der Waals surface area contributed by atoms with E-state index < -0.39 is 0 Å². The van der Waals surface area contributed by atoms with Gasteiger partial charge >= 0.3 is 0 Å². The highest BCUT2D eigenvalue weighted by Gasteiger charge is 2.06. The molecule has 0 amide bonds. The predicted octanol–water partition coefficient (Wildman–Crippen LogP) is 4.12. The molecule has 0 aliphatic carbocycles. The molecule has 0 fully saturated rings. The van der Waals surface area contributed by atoms with Crippen LogP contribution in [0.15, 0.2) is 48.7 Å². The van der Waals surface area contributed by atoms with Gasteiger partial charge in [0, 0.05) is 5.56 Å². The second-order valence-electron chi connectivity index (χ2n) is 4.01. The van der Waals surface area contributed by atoms with E-state index in [0.717, 1.165) is 11.1 Å². The highest BCUT2D eigenvalue weighted by molar-refractivity contribution is 5.67. The van der Waals surface area contributed by atoms with Crippen molar-refractivity contribution in [2.24, 2.45) is 0 Å². The molecular formula is C16H15FO2. The molecule has 3 heteroatoms. The summed E-state index contributed by atoms with van der Waals surface area (Å²) in [6, 6.07) is 12.3. The molecule has 0 heterocycles. The van der Waals surface area contributed by atoms with Gasteiger partial charge in [-0.25, -0.2) is 4.39 Å². The van der Waals surface area contributed by atoms with Gasteiger partial charge in [-0.05, 0) is 35.4 Å². The molecule has 2 nitrogen and oxygen atoms in total. The predicted molar refractivity (Wildman–Crippen MR) is 74.4 cm³/mol.